The minimum Gasteiger partial charge on any atom is -0.329 e. The maximum atomic E-state index is 6.28. The van der Waals surface area contributed by atoms with Crippen LogP contribution in [0.5, 0.6) is 0 Å². The molecular weight excluding hydrogens is 246 g/mol. The van der Waals surface area contributed by atoms with Gasteiger partial charge in [0, 0.05) is 12.1 Å². The van der Waals surface area contributed by atoms with E-state index in [-0.39, 0.29) is 0 Å². The smallest absolute Gasteiger partial charge is 0.0344 e. The van der Waals surface area contributed by atoms with Gasteiger partial charge >= 0.3 is 0 Å². The maximum Gasteiger partial charge on any atom is 0.0344 e. The number of rotatable bonds is 4. The number of likely N-dealkylation sites (tertiary alicyclic amines) is 2. The Morgan fingerprint density at radius 3 is 2.55 bits per heavy atom. The Labute approximate surface area is 125 Å². The summed E-state index contributed by atoms with van der Waals surface area (Å²) in [6, 6.07) is 0. The standard InChI is InChI=1S/C17H35N3/c1-3-16-7-5-12-20(13-8-16)17(15-18)9-6-11-19(4-2)14-10-17/h16H,3-15,18H2,1-2H3. The molecule has 2 fully saturated rings. The molecule has 2 aliphatic rings. The van der Waals surface area contributed by atoms with Crippen LogP contribution < -0.4 is 5.73 Å². The van der Waals surface area contributed by atoms with Crippen molar-refractivity contribution in [2.24, 2.45) is 11.7 Å². The van der Waals surface area contributed by atoms with Crippen LogP contribution in [-0.2, 0) is 0 Å². The van der Waals surface area contributed by atoms with Crippen LogP contribution in [0, 0.1) is 5.92 Å². The van der Waals surface area contributed by atoms with Crippen molar-refractivity contribution in [1.29, 1.82) is 0 Å². The van der Waals surface area contributed by atoms with Crippen LogP contribution >= 0.6 is 0 Å². The third-order valence-corrected chi connectivity index (χ3v) is 5.93. The highest BCUT2D eigenvalue weighted by atomic mass is 15.2. The van der Waals surface area contributed by atoms with Gasteiger partial charge in [-0.15, -0.1) is 0 Å². The van der Waals surface area contributed by atoms with E-state index >= 15 is 0 Å². The first-order valence-electron chi connectivity index (χ1n) is 8.91. The zero-order valence-corrected chi connectivity index (χ0v) is 13.7. The molecule has 0 aromatic rings. The average Bonchev–Trinajstić information content (AvgIpc) is 2.85. The van der Waals surface area contributed by atoms with Gasteiger partial charge < -0.3 is 10.6 Å². The molecule has 2 atom stereocenters. The van der Waals surface area contributed by atoms with Crippen molar-refractivity contribution in [3.8, 4) is 0 Å². The number of hydrogen-bond donors (Lipinski definition) is 1. The van der Waals surface area contributed by atoms with Crippen molar-refractivity contribution in [2.75, 3.05) is 39.3 Å². The molecule has 0 spiro atoms. The predicted octanol–water partition coefficient (Wildman–Crippen LogP) is 2.70. The van der Waals surface area contributed by atoms with Crippen LogP contribution in [-0.4, -0.2) is 54.6 Å². The zero-order chi connectivity index (χ0) is 14.4. The van der Waals surface area contributed by atoms with Crippen molar-refractivity contribution in [2.45, 2.75) is 64.3 Å². The van der Waals surface area contributed by atoms with Crippen LogP contribution in [0.3, 0.4) is 0 Å². The molecule has 2 unspecified atom stereocenters. The average molecular weight is 281 g/mol. The van der Waals surface area contributed by atoms with Gasteiger partial charge in [0.15, 0.2) is 0 Å². The number of nitrogens with two attached hydrogens (primary N) is 1. The molecule has 2 N–H and O–H groups in total. The SMILES string of the molecule is CCC1CCCN(C2(CN)CCCN(CC)CC2)CC1. The van der Waals surface area contributed by atoms with E-state index in [9.17, 15) is 0 Å². The highest BCUT2D eigenvalue weighted by Gasteiger charge is 2.37. The summed E-state index contributed by atoms with van der Waals surface area (Å²) in [6.07, 6.45) is 9.43. The molecular formula is C17H35N3. The van der Waals surface area contributed by atoms with Gasteiger partial charge in [-0.2, -0.15) is 0 Å². The minimum absolute atomic E-state index is 0.298. The van der Waals surface area contributed by atoms with Crippen molar-refractivity contribution in [3.63, 3.8) is 0 Å². The van der Waals surface area contributed by atoms with E-state index in [0.717, 1.165) is 12.5 Å². The lowest BCUT2D eigenvalue weighted by molar-refractivity contribution is 0.0804. The fourth-order valence-corrected chi connectivity index (χ4v) is 4.25. The van der Waals surface area contributed by atoms with Gasteiger partial charge in [0.05, 0.1) is 0 Å². The Bertz CT molecular complexity index is 281. The van der Waals surface area contributed by atoms with Crippen molar-refractivity contribution in [1.82, 2.24) is 9.80 Å². The van der Waals surface area contributed by atoms with Gasteiger partial charge in [-0.3, -0.25) is 4.90 Å². The third kappa shape index (κ3) is 3.75. The molecule has 2 rings (SSSR count). The Kier molecular flexibility index (Phi) is 6.31. The van der Waals surface area contributed by atoms with Crippen LogP contribution in [0.4, 0.5) is 0 Å². The second-order valence-corrected chi connectivity index (χ2v) is 6.91. The van der Waals surface area contributed by atoms with Crippen LogP contribution in [0.1, 0.15) is 58.8 Å². The molecule has 3 heteroatoms. The molecule has 0 amide bonds. The van der Waals surface area contributed by atoms with E-state index in [1.54, 1.807) is 0 Å². The molecule has 0 aromatic carbocycles. The molecule has 0 aromatic heterocycles. The first-order valence-corrected chi connectivity index (χ1v) is 8.91. The fraction of sp³-hybridized carbons (Fsp3) is 1.00. The van der Waals surface area contributed by atoms with Gasteiger partial charge in [-0.05, 0) is 77.2 Å². The Morgan fingerprint density at radius 1 is 1.00 bits per heavy atom. The zero-order valence-electron chi connectivity index (χ0n) is 13.7. The molecule has 0 bridgehead atoms. The summed E-state index contributed by atoms with van der Waals surface area (Å²) >= 11 is 0. The van der Waals surface area contributed by atoms with E-state index in [1.807, 2.05) is 0 Å². The second-order valence-electron chi connectivity index (χ2n) is 6.91. The summed E-state index contributed by atoms with van der Waals surface area (Å²) in [4.78, 5) is 5.38. The van der Waals surface area contributed by atoms with E-state index in [1.165, 1.54) is 77.7 Å². The van der Waals surface area contributed by atoms with E-state index in [2.05, 4.69) is 23.6 Å². The first kappa shape index (κ1) is 16.3. The summed E-state index contributed by atoms with van der Waals surface area (Å²) < 4.78 is 0. The summed E-state index contributed by atoms with van der Waals surface area (Å²) in [5.74, 6) is 0.952. The molecule has 2 saturated heterocycles. The van der Waals surface area contributed by atoms with Gasteiger partial charge in [0.1, 0.15) is 0 Å². The van der Waals surface area contributed by atoms with Gasteiger partial charge in [0.2, 0.25) is 0 Å². The van der Waals surface area contributed by atoms with Crippen molar-refractivity contribution < 1.29 is 0 Å². The summed E-state index contributed by atoms with van der Waals surface area (Å²) in [5.41, 5.74) is 6.58. The van der Waals surface area contributed by atoms with Crippen LogP contribution in [0.15, 0.2) is 0 Å². The van der Waals surface area contributed by atoms with E-state index < -0.39 is 0 Å². The second kappa shape index (κ2) is 7.77. The topological polar surface area (TPSA) is 32.5 Å². The van der Waals surface area contributed by atoms with Crippen LogP contribution in [0.2, 0.25) is 0 Å². The molecule has 0 saturated carbocycles. The summed E-state index contributed by atoms with van der Waals surface area (Å²) in [7, 11) is 0. The highest BCUT2D eigenvalue weighted by Crippen LogP contribution is 2.32. The predicted molar refractivity (Wildman–Crippen MR) is 87.0 cm³/mol. The highest BCUT2D eigenvalue weighted by molar-refractivity contribution is 4.95. The summed E-state index contributed by atoms with van der Waals surface area (Å²) in [5, 5.41) is 0. The fourth-order valence-electron chi connectivity index (χ4n) is 4.25. The maximum absolute atomic E-state index is 6.28. The Hall–Kier alpha value is -0.120. The minimum atomic E-state index is 0.298. The van der Waals surface area contributed by atoms with Gasteiger partial charge in [0.25, 0.3) is 0 Å². The molecule has 0 radical (unpaired) electrons. The van der Waals surface area contributed by atoms with Crippen molar-refractivity contribution in [3.05, 3.63) is 0 Å². The van der Waals surface area contributed by atoms with E-state index in [4.69, 9.17) is 5.73 Å². The quantitative estimate of drug-likeness (QED) is 0.860. The number of nitrogens with zero attached hydrogens (tertiary/aromatic N) is 2. The molecule has 2 aliphatic heterocycles. The third-order valence-electron chi connectivity index (χ3n) is 5.93. The van der Waals surface area contributed by atoms with Gasteiger partial charge in [-0.1, -0.05) is 20.3 Å². The molecule has 0 aliphatic carbocycles. The monoisotopic (exact) mass is 281 g/mol. The van der Waals surface area contributed by atoms with Crippen molar-refractivity contribution >= 4 is 0 Å². The van der Waals surface area contributed by atoms with Crippen LogP contribution in [0.25, 0.3) is 0 Å². The first-order chi connectivity index (χ1) is 9.74. The Morgan fingerprint density at radius 2 is 1.85 bits per heavy atom. The van der Waals surface area contributed by atoms with Gasteiger partial charge in [-0.25, -0.2) is 0 Å². The molecule has 20 heavy (non-hydrogen) atoms. The normalized spacial score (nSPS) is 34.6. The lowest BCUT2D eigenvalue weighted by Crippen LogP contribution is -2.54. The number of hydrogen-bond acceptors (Lipinski definition) is 3. The lowest BCUT2D eigenvalue weighted by atomic mass is 9.88. The lowest BCUT2D eigenvalue weighted by Gasteiger charge is -2.43. The summed E-state index contributed by atoms with van der Waals surface area (Å²) in [6.45, 7) is 11.7. The molecule has 118 valence electrons. The van der Waals surface area contributed by atoms with E-state index in [0.29, 0.717) is 5.54 Å². The Balaban J connectivity index is 2.02. The molecule has 2 heterocycles. The molecule has 3 nitrogen and oxygen atoms in total. The largest absolute Gasteiger partial charge is 0.329 e.